The quantitative estimate of drug-likeness (QED) is 0.754. The van der Waals surface area contributed by atoms with Crippen molar-refractivity contribution in [3.63, 3.8) is 0 Å². The molecule has 1 atom stereocenters. The second kappa shape index (κ2) is 8.63. The van der Waals surface area contributed by atoms with Crippen molar-refractivity contribution in [2.45, 2.75) is 19.2 Å². The van der Waals surface area contributed by atoms with Gasteiger partial charge in [0.25, 0.3) is 5.91 Å². The summed E-state index contributed by atoms with van der Waals surface area (Å²) in [6, 6.07) is 12.3. The Hall–Kier alpha value is -2.90. The van der Waals surface area contributed by atoms with Gasteiger partial charge in [-0.15, -0.1) is 0 Å². The number of halogens is 3. The van der Waals surface area contributed by atoms with Crippen molar-refractivity contribution < 1.29 is 27.4 Å². The highest BCUT2D eigenvalue weighted by molar-refractivity contribution is 5.81. The van der Waals surface area contributed by atoms with Crippen LogP contribution in [0.25, 0.3) is 0 Å². The van der Waals surface area contributed by atoms with Crippen LogP contribution in [-0.2, 0) is 11.0 Å². The van der Waals surface area contributed by atoms with Crippen molar-refractivity contribution in [3.8, 4) is 11.5 Å². The molecule has 29 heavy (non-hydrogen) atoms. The summed E-state index contributed by atoms with van der Waals surface area (Å²) < 4.78 is 49.8. The zero-order chi connectivity index (χ0) is 21.0. The summed E-state index contributed by atoms with van der Waals surface area (Å²) in [6.45, 7) is 3.40. The molecule has 0 aromatic heterocycles. The molecule has 3 rings (SSSR count). The Kier molecular flexibility index (Phi) is 6.20. The predicted octanol–water partition coefficient (Wildman–Crippen LogP) is 3.83. The fourth-order valence-corrected chi connectivity index (χ4v) is 3.28. The summed E-state index contributed by atoms with van der Waals surface area (Å²) in [5, 5.41) is 0. The number of nitrogens with zero attached hydrogens (tertiary/aromatic N) is 2. The molecule has 0 unspecified atom stereocenters. The van der Waals surface area contributed by atoms with Gasteiger partial charge in [0.2, 0.25) is 0 Å². The van der Waals surface area contributed by atoms with Gasteiger partial charge in [-0.1, -0.05) is 18.2 Å². The minimum atomic E-state index is -4.38. The minimum absolute atomic E-state index is 0.167. The van der Waals surface area contributed by atoms with Gasteiger partial charge in [-0.2, -0.15) is 13.2 Å². The predicted molar refractivity (Wildman–Crippen MR) is 103 cm³/mol. The second-order valence-corrected chi connectivity index (χ2v) is 6.77. The van der Waals surface area contributed by atoms with Crippen molar-refractivity contribution in [3.05, 3.63) is 54.1 Å². The number of ether oxygens (including phenoxy) is 2. The van der Waals surface area contributed by atoms with Gasteiger partial charge in [0, 0.05) is 31.9 Å². The van der Waals surface area contributed by atoms with Crippen LogP contribution in [0.2, 0.25) is 0 Å². The van der Waals surface area contributed by atoms with E-state index in [4.69, 9.17) is 9.47 Å². The number of benzene rings is 2. The summed E-state index contributed by atoms with van der Waals surface area (Å²) in [5.74, 6) is 0.861. The van der Waals surface area contributed by atoms with E-state index in [0.717, 1.165) is 12.1 Å². The van der Waals surface area contributed by atoms with Crippen LogP contribution in [0.5, 0.6) is 11.5 Å². The number of hydrogen-bond donors (Lipinski definition) is 0. The molecule has 1 aliphatic heterocycles. The van der Waals surface area contributed by atoms with Gasteiger partial charge in [0.1, 0.15) is 0 Å². The van der Waals surface area contributed by atoms with Crippen LogP contribution >= 0.6 is 0 Å². The highest BCUT2D eigenvalue weighted by atomic mass is 19.4. The molecule has 1 aliphatic rings. The Labute approximate surface area is 167 Å². The van der Waals surface area contributed by atoms with Crippen molar-refractivity contribution in [2.75, 3.05) is 38.2 Å². The van der Waals surface area contributed by atoms with E-state index in [-0.39, 0.29) is 5.91 Å². The minimum Gasteiger partial charge on any atom is -0.493 e. The van der Waals surface area contributed by atoms with E-state index in [0.29, 0.717) is 43.4 Å². The van der Waals surface area contributed by atoms with E-state index in [9.17, 15) is 18.0 Å². The maximum absolute atomic E-state index is 12.9. The molecule has 156 valence electrons. The first kappa shape index (κ1) is 20.8. The van der Waals surface area contributed by atoms with Gasteiger partial charge in [0.05, 0.1) is 12.7 Å². The Bertz CT molecular complexity index is 849. The SMILES string of the molecule is COc1ccccc1O[C@@H](C)C(=O)N1CCN(c2cccc(C(F)(F)F)c2)CC1. The average molecular weight is 408 g/mol. The molecule has 0 aliphatic carbocycles. The molecule has 0 spiro atoms. The largest absolute Gasteiger partial charge is 0.493 e. The van der Waals surface area contributed by atoms with Crippen LogP contribution in [0, 0.1) is 0 Å². The zero-order valence-electron chi connectivity index (χ0n) is 16.3. The van der Waals surface area contributed by atoms with Crippen LogP contribution in [0.15, 0.2) is 48.5 Å². The van der Waals surface area contributed by atoms with Gasteiger partial charge in [-0.25, -0.2) is 0 Å². The molecule has 1 saturated heterocycles. The lowest BCUT2D eigenvalue weighted by atomic mass is 10.1. The van der Waals surface area contributed by atoms with Crippen LogP contribution in [-0.4, -0.2) is 50.2 Å². The molecule has 1 amide bonds. The number of carbonyl (C=O) groups is 1. The van der Waals surface area contributed by atoms with Gasteiger partial charge >= 0.3 is 6.18 Å². The molecular formula is C21H23F3N2O3. The number of rotatable bonds is 5. The fraction of sp³-hybridized carbons (Fsp3) is 0.381. The highest BCUT2D eigenvalue weighted by Gasteiger charge is 2.32. The topological polar surface area (TPSA) is 42.0 Å². The van der Waals surface area contributed by atoms with Gasteiger partial charge in [-0.05, 0) is 37.3 Å². The van der Waals surface area contributed by atoms with E-state index in [2.05, 4.69) is 0 Å². The molecule has 1 heterocycles. The van der Waals surface area contributed by atoms with Crippen LogP contribution in [0.4, 0.5) is 18.9 Å². The molecule has 2 aromatic carbocycles. The molecule has 2 aromatic rings. The first-order valence-corrected chi connectivity index (χ1v) is 9.30. The smallest absolute Gasteiger partial charge is 0.416 e. The van der Waals surface area contributed by atoms with E-state index in [1.807, 2.05) is 11.0 Å². The normalized spacial score (nSPS) is 15.8. The number of hydrogen-bond acceptors (Lipinski definition) is 4. The number of piperazine rings is 1. The van der Waals surface area contributed by atoms with Crippen molar-refractivity contribution in [1.29, 1.82) is 0 Å². The number of anilines is 1. The monoisotopic (exact) mass is 408 g/mol. The Morgan fingerprint density at radius 3 is 2.28 bits per heavy atom. The zero-order valence-corrected chi connectivity index (χ0v) is 16.3. The number of methoxy groups -OCH3 is 1. The maximum Gasteiger partial charge on any atom is 0.416 e. The summed E-state index contributed by atoms with van der Waals surface area (Å²) in [6.07, 6.45) is -5.08. The van der Waals surface area contributed by atoms with Crippen molar-refractivity contribution in [2.24, 2.45) is 0 Å². The first-order valence-electron chi connectivity index (χ1n) is 9.30. The van der Waals surface area contributed by atoms with Crippen LogP contribution in [0.1, 0.15) is 12.5 Å². The Morgan fingerprint density at radius 2 is 1.66 bits per heavy atom. The summed E-state index contributed by atoms with van der Waals surface area (Å²) in [4.78, 5) is 16.2. The number of carbonyl (C=O) groups excluding carboxylic acids is 1. The molecule has 8 heteroatoms. The fourth-order valence-electron chi connectivity index (χ4n) is 3.28. The second-order valence-electron chi connectivity index (χ2n) is 6.77. The third-order valence-corrected chi connectivity index (χ3v) is 4.85. The van der Waals surface area contributed by atoms with Crippen molar-refractivity contribution >= 4 is 11.6 Å². The van der Waals surface area contributed by atoms with Crippen LogP contribution < -0.4 is 14.4 Å². The number of amides is 1. The van der Waals surface area contributed by atoms with E-state index in [1.54, 1.807) is 36.1 Å². The lowest BCUT2D eigenvalue weighted by Gasteiger charge is -2.37. The molecule has 0 radical (unpaired) electrons. The maximum atomic E-state index is 12.9. The van der Waals surface area contributed by atoms with E-state index >= 15 is 0 Å². The third-order valence-electron chi connectivity index (χ3n) is 4.85. The van der Waals surface area contributed by atoms with E-state index < -0.39 is 17.8 Å². The average Bonchev–Trinajstić information content (AvgIpc) is 2.73. The van der Waals surface area contributed by atoms with Gasteiger partial charge in [-0.3, -0.25) is 4.79 Å². The lowest BCUT2D eigenvalue weighted by molar-refractivity contribution is -0.138. The molecular weight excluding hydrogens is 385 g/mol. The molecule has 1 fully saturated rings. The standard InChI is InChI=1S/C21H23F3N2O3/c1-15(29-19-9-4-3-8-18(19)28-2)20(27)26-12-10-25(11-13-26)17-7-5-6-16(14-17)21(22,23)24/h3-9,14-15H,10-13H2,1-2H3/t15-/m0/s1. The molecule has 0 N–H and O–H groups in total. The van der Waals surface area contributed by atoms with Gasteiger partial charge in [0.15, 0.2) is 17.6 Å². The van der Waals surface area contributed by atoms with Gasteiger partial charge < -0.3 is 19.3 Å². The van der Waals surface area contributed by atoms with Crippen LogP contribution in [0.3, 0.4) is 0 Å². The summed E-state index contributed by atoms with van der Waals surface area (Å²) in [5.41, 5.74) is -0.169. The highest BCUT2D eigenvalue weighted by Crippen LogP contribution is 2.32. The third kappa shape index (κ3) is 4.93. The van der Waals surface area contributed by atoms with Crippen molar-refractivity contribution in [1.82, 2.24) is 4.90 Å². The molecule has 5 nitrogen and oxygen atoms in total. The Morgan fingerprint density at radius 1 is 1.00 bits per heavy atom. The molecule has 0 saturated carbocycles. The number of alkyl halides is 3. The number of para-hydroxylation sites is 2. The first-order chi connectivity index (χ1) is 13.8. The van der Waals surface area contributed by atoms with E-state index in [1.165, 1.54) is 13.2 Å². The lowest BCUT2D eigenvalue weighted by Crippen LogP contribution is -2.52. The summed E-state index contributed by atoms with van der Waals surface area (Å²) in [7, 11) is 1.53. The Balaban J connectivity index is 1.59. The summed E-state index contributed by atoms with van der Waals surface area (Å²) >= 11 is 0. The molecule has 0 bridgehead atoms.